The van der Waals surface area contributed by atoms with Gasteiger partial charge in [-0.2, -0.15) is 13.2 Å². The summed E-state index contributed by atoms with van der Waals surface area (Å²) in [6.45, 7) is 3.33. The summed E-state index contributed by atoms with van der Waals surface area (Å²) in [6, 6.07) is 15.0. The van der Waals surface area contributed by atoms with Crippen LogP contribution in [-0.2, 0) is 10.7 Å². The molecule has 0 saturated carbocycles. The van der Waals surface area contributed by atoms with E-state index in [4.69, 9.17) is 0 Å². The fourth-order valence-electron chi connectivity index (χ4n) is 2.50. The number of benzene rings is 2. The van der Waals surface area contributed by atoms with Crippen LogP contribution in [0.2, 0.25) is 0 Å². The summed E-state index contributed by atoms with van der Waals surface area (Å²) in [5, 5.41) is 3.61. The monoisotopic (exact) mass is 391 g/mol. The van der Waals surface area contributed by atoms with Gasteiger partial charge in [0.1, 0.15) is 12.7 Å². The first kappa shape index (κ1) is 19.1. The molecule has 0 fully saturated rings. The molecule has 0 amide bonds. The van der Waals surface area contributed by atoms with Crippen molar-refractivity contribution in [2.24, 2.45) is 0 Å². The fraction of sp³-hybridized carbons (Fsp3) is 0.158. The van der Waals surface area contributed by atoms with Gasteiger partial charge < -0.3 is 9.88 Å². The zero-order valence-corrected chi connectivity index (χ0v) is 15.6. The fourth-order valence-corrected chi connectivity index (χ4v) is 3.37. The average molecular weight is 391 g/mol. The quantitative estimate of drug-likeness (QED) is 0.625. The van der Waals surface area contributed by atoms with Gasteiger partial charge in [0.05, 0.1) is 5.69 Å². The lowest BCUT2D eigenvalue weighted by Gasteiger charge is -2.14. The van der Waals surface area contributed by atoms with Gasteiger partial charge in [-0.25, -0.2) is 9.97 Å². The molecule has 0 aliphatic rings. The second-order valence-electron chi connectivity index (χ2n) is 6.34. The van der Waals surface area contributed by atoms with Crippen LogP contribution in [0.1, 0.15) is 5.56 Å². The van der Waals surface area contributed by atoms with Crippen molar-refractivity contribution in [2.75, 3.05) is 18.6 Å². The zero-order chi connectivity index (χ0) is 19.7. The number of hydrogen-bond donors (Lipinski definition) is 1. The van der Waals surface area contributed by atoms with E-state index in [1.165, 1.54) is 0 Å². The standard InChI is InChI=1S/C19H17F3N3OP/c1-27(2,26)15-10-8-14(9-11-15)24-18-23-12-16(19(20,21)22)17(25-18)13-6-4-3-5-7-13/h3-12H,1-2H3,(H,23,24,25). The molecule has 2 aromatic carbocycles. The van der Waals surface area contributed by atoms with Crippen LogP contribution in [-0.4, -0.2) is 23.3 Å². The van der Waals surface area contributed by atoms with E-state index in [1.807, 2.05) is 0 Å². The third-order valence-corrected chi connectivity index (χ3v) is 5.43. The second-order valence-corrected chi connectivity index (χ2v) is 9.56. The summed E-state index contributed by atoms with van der Waals surface area (Å²) >= 11 is 0. The van der Waals surface area contributed by atoms with Gasteiger partial charge in [-0.1, -0.05) is 30.3 Å². The van der Waals surface area contributed by atoms with Crippen molar-refractivity contribution in [3.05, 3.63) is 66.4 Å². The Balaban J connectivity index is 1.97. The largest absolute Gasteiger partial charge is 0.419 e. The Morgan fingerprint density at radius 3 is 2.15 bits per heavy atom. The van der Waals surface area contributed by atoms with E-state index in [0.29, 0.717) is 16.6 Å². The maximum Gasteiger partial charge on any atom is 0.419 e. The average Bonchev–Trinajstić information content (AvgIpc) is 2.61. The van der Waals surface area contributed by atoms with Crippen LogP contribution in [0.4, 0.5) is 24.8 Å². The lowest BCUT2D eigenvalue weighted by atomic mass is 10.1. The number of hydrogen-bond acceptors (Lipinski definition) is 4. The molecule has 1 aromatic heterocycles. The minimum Gasteiger partial charge on any atom is -0.324 e. The third-order valence-electron chi connectivity index (χ3n) is 3.89. The molecule has 1 N–H and O–H groups in total. The van der Waals surface area contributed by atoms with Crippen LogP contribution in [0, 0.1) is 0 Å². The van der Waals surface area contributed by atoms with Crippen molar-refractivity contribution in [3.63, 3.8) is 0 Å². The predicted octanol–water partition coefficient (Wildman–Crippen LogP) is 5.15. The summed E-state index contributed by atoms with van der Waals surface area (Å²) in [5.74, 6) is 0.0470. The first-order chi connectivity index (χ1) is 12.6. The SMILES string of the molecule is CP(C)(=O)c1ccc(Nc2ncc(C(F)(F)F)c(-c3ccccc3)n2)cc1. The molecule has 1 heterocycles. The molecule has 3 aromatic rings. The van der Waals surface area contributed by atoms with Gasteiger partial charge in [-0.15, -0.1) is 0 Å². The number of nitrogens with zero attached hydrogens (tertiary/aromatic N) is 2. The molecule has 0 atom stereocenters. The van der Waals surface area contributed by atoms with E-state index in [1.54, 1.807) is 67.9 Å². The number of rotatable bonds is 4. The van der Waals surface area contributed by atoms with E-state index < -0.39 is 18.9 Å². The minimum atomic E-state index is -4.56. The first-order valence-electron chi connectivity index (χ1n) is 8.07. The Morgan fingerprint density at radius 1 is 0.963 bits per heavy atom. The Kier molecular flexibility index (Phi) is 5.07. The highest BCUT2D eigenvalue weighted by Crippen LogP contribution is 2.37. The molecule has 140 valence electrons. The zero-order valence-electron chi connectivity index (χ0n) is 14.7. The Morgan fingerprint density at radius 2 is 1.59 bits per heavy atom. The number of nitrogens with one attached hydrogen (secondary N) is 1. The maximum atomic E-state index is 13.3. The molecule has 8 heteroatoms. The molecule has 3 rings (SSSR count). The third kappa shape index (κ3) is 4.55. The smallest absolute Gasteiger partial charge is 0.324 e. The van der Waals surface area contributed by atoms with Gasteiger partial charge in [0.25, 0.3) is 0 Å². The van der Waals surface area contributed by atoms with Crippen LogP contribution < -0.4 is 10.6 Å². The van der Waals surface area contributed by atoms with Gasteiger partial charge in [0, 0.05) is 22.8 Å². The Labute approximate surface area is 154 Å². The highest BCUT2D eigenvalue weighted by molar-refractivity contribution is 7.70. The molecule has 0 bridgehead atoms. The van der Waals surface area contributed by atoms with Crippen molar-refractivity contribution >= 4 is 24.1 Å². The molecule has 0 aliphatic carbocycles. The molecule has 0 saturated heterocycles. The molecule has 27 heavy (non-hydrogen) atoms. The number of anilines is 2. The summed E-state index contributed by atoms with van der Waals surface area (Å²) in [5.41, 5.74) is -0.147. The lowest BCUT2D eigenvalue weighted by molar-refractivity contribution is -0.137. The normalized spacial score (nSPS) is 12.0. The lowest BCUT2D eigenvalue weighted by Crippen LogP contribution is -2.11. The van der Waals surface area contributed by atoms with E-state index in [-0.39, 0.29) is 11.6 Å². The Hall–Kier alpha value is -2.66. The van der Waals surface area contributed by atoms with Crippen molar-refractivity contribution in [1.29, 1.82) is 0 Å². The van der Waals surface area contributed by atoms with Crippen molar-refractivity contribution in [3.8, 4) is 11.3 Å². The van der Waals surface area contributed by atoms with Crippen molar-refractivity contribution in [1.82, 2.24) is 9.97 Å². The van der Waals surface area contributed by atoms with Crippen LogP contribution in [0.5, 0.6) is 0 Å². The summed E-state index contributed by atoms with van der Waals surface area (Å²) in [6.07, 6.45) is -3.78. The summed E-state index contributed by atoms with van der Waals surface area (Å²) < 4.78 is 52.0. The van der Waals surface area contributed by atoms with Crippen molar-refractivity contribution < 1.29 is 17.7 Å². The van der Waals surface area contributed by atoms with Gasteiger partial charge >= 0.3 is 6.18 Å². The van der Waals surface area contributed by atoms with E-state index in [2.05, 4.69) is 15.3 Å². The molecule has 0 radical (unpaired) electrons. The molecule has 0 aliphatic heterocycles. The molecular formula is C19H17F3N3OP. The van der Waals surface area contributed by atoms with E-state index >= 15 is 0 Å². The van der Waals surface area contributed by atoms with E-state index in [9.17, 15) is 17.7 Å². The molecule has 0 unspecified atom stereocenters. The molecule has 4 nitrogen and oxygen atoms in total. The van der Waals surface area contributed by atoms with E-state index in [0.717, 1.165) is 6.20 Å². The first-order valence-corrected chi connectivity index (χ1v) is 10.7. The predicted molar refractivity (Wildman–Crippen MR) is 101 cm³/mol. The highest BCUT2D eigenvalue weighted by Gasteiger charge is 2.35. The molecular weight excluding hydrogens is 374 g/mol. The van der Waals surface area contributed by atoms with Crippen LogP contribution in [0.3, 0.4) is 0 Å². The maximum absolute atomic E-state index is 13.3. The summed E-state index contributed by atoms with van der Waals surface area (Å²) in [7, 11) is -2.38. The van der Waals surface area contributed by atoms with Crippen molar-refractivity contribution in [2.45, 2.75) is 6.18 Å². The van der Waals surface area contributed by atoms with Gasteiger partial charge in [0.15, 0.2) is 0 Å². The topological polar surface area (TPSA) is 54.9 Å². The molecule has 0 spiro atoms. The van der Waals surface area contributed by atoms with Gasteiger partial charge in [-0.05, 0) is 37.6 Å². The second kappa shape index (κ2) is 7.16. The minimum absolute atomic E-state index is 0.0470. The van der Waals surface area contributed by atoms with Crippen LogP contribution in [0.15, 0.2) is 60.8 Å². The van der Waals surface area contributed by atoms with Gasteiger partial charge in [0.2, 0.25) is 5.95 Å². The van der Waals surface area contributed by atoms with Crippen LogP contribution in [0.25, 0.3) is 11.3 Å². The van der Waals surface area contributed by atoms with Crippen LogP contribution >= 0.6 is 7.14 Å². The Bertz CT molecular complexity index is 983. The van der Waals surface area contributed by atoms with Gasteiger partial charge in [-0.3, -0.25) is 0 Å². The number of alkyl halides is 3. The summed E-state index contributed by atoms with van der Waals surface area (Å²) in [4.78, 5) is 7.88. The highest BCUT2D eigenvalue weighted by atomic mass is 31.2. The number of halogens is 3. The number of aromatic nitrogens is 2.